The lowest BCUT2D eigenvalue weighted by Gasteiger charge is -2.29. The van der Waals surface area contributed by atoms with Crippen molar-refractivity contribution in [3.63, 3.8) is 0 Å². The average molecular weight is 458 g/mol. The monoisotopic (exact) mass is 457 g/mol. The summed E-state index contributed by atoms with van der Waals surface area (Å²) in [4.78, 5) is 28.0. The molecule has 0 aromatic heterocycles. The van der Waals surface area contributed by atoms with Crippen LogP contribution in [0.2, 0.25) is 5.02 Å². The maximum Gasteiger partial charge on any atom is 0.251 e. The Hall–Kier alpha value is -2.57. The number of carbonyl (C=O) groups excluding carboxylic acids is 2. The standard InChI is InChI=1S/C25H32ClN3O3/c1-17(2)16-23(28-24(30)20-4-8-21(26)9-5-20)25(31)27-18(3)19-6-10-22(11-7-19)29-12-14-32-15-13-29/h4-11,17-18,23H,12-16H2,1-3H3,(H,27,31)(H,28,30). The second-order valence-electron chi connectivity index (χ2n) is 8.58. The number of nitrogens with zero attached hydrogens (tertiary/aromatic N) is 1. The zero-order valence-electron chi connectivity index (χ0n) is 18.9. The fraction of sp³-hybridized carbons (Fsp3) is 0.440. The molecule has 3 rings (SSSR count). The molecular weight excluding hydrogens is 426 g/mol. The molecule has 0 aliphatic carbocycles. The third-order valence-electron chi connectivity index (χ3n) is 5.56. The number of ether oxygens (including phenoxy) is 1. The first-order chi connectivity index (χ1) is 15.3. The van der Waals surface area contributed by atoms with Crippen LogP contribution in [0.4, 0.5) is 5.69 Å². The predicted molar refractivity (Wildman–Crippen MR) is 128 cm³/mol. The highest BCUT2D eigenvalue weighted by Crippen LogP contribution is 2.20. The maximum absolute atomic E-state index is 13.0. The molecule has 0 saturated carbocycles. The number of amides is 2. The molecule has 2 aromatic rings. The largest absolute Gasteiger partial charge is 0.378 e. The predicted octanol–water partition coefficient (Wildman–Crippen LogP) is 4.20. The number of hydrogen-bond donors (Lipinski definition) is 2. The van der Waals surface area contributed by atoms with E-state index >= 15 is 0 Å². The summed E-state index contributed by atoms with van der Waals surface area (Å²) in [5, 5.41) is 6.50. The van der Waals surface area contributed by atoms with E-state index in [1.807, 2.05) is 32.9 Å². The molecule has 6 nitrogen and oxygen atoms in total. The maximum atomic E-state index is 13.0. The molecular formula is C25H32ClN3O3. The number of carbonyl (C=O) groups is 2. The molecule has 0 radical (unpaired) electrons. The molecule has 2 amide bonds. The van der Waals surface area contributed by atoms with Crippen LogP contribution in [0, 0.1) is 5.92 Å². The summed E-state index contributed by atoms with van der Waals surface area (Å²) in [6, 6.07) is 14.1. The summed E-state index contributed by atoms with van der Waals surface area (Å²) in [6.45, 7) is 9.27. The van der Waals surface area contributed by atoms with Gasteiger partial charge < -0.3 is 20.3 Å². The second-order valence-corrected chi connectivity index (χ2v) is 9.02. The minimum Gasteiger partial charge on any atom is -0.378 e. The summed E-state index contributed by atoms with van der Waals surface area (Å²) in [5.41, 5.74) is 2.65. The van der Waals surface area contributed by atoms with E-state index < -0.39 is 6.04 Å². The van der Waals surface area contributed by atoms with Crippen molar-refractivity contribution >= 4 is 29.1 Å². The van der Waals surface area contributed by atoms with Gasteiger partial charge >= 0.3 is 0 Å². The van der Waals surface area contributed by atoms with Gasteiger partial charge in [-0.25, -0.2) is 0 Å². The molecule has 2 N–H and O–H groups in total. The first-order valence-corrected chi connectivity index (χ1v) is 11.5. The van der Waals surface area contributed by atoms with Gasteiger partial charge in [0.1, 0.15) is 6.04 Å². The SMILES string of the molecule is CC(C)CC(NC(=O)c1ccc(Cl)cc1)C(=O)NC(C)c1ccc(N2CCOCC2)cc1. The Kier molecular flexibility index (Phi) is 8.53. The van der Waals surface area contributed by atoms with Gasteiger partial charge in [0.05, 0.1) is 19.3 Å². The van der Waals surface area contributed by atoms with Crippen molar-refractivity contribution in [2.45, 2.75) is 39.3 Å². The van der Waals surface area contributed by atoms with Crippen molar-refractivity contribution in [3.05, 3.63) is 64.7 Å². The molecule has 1 saturated heterocycles. The van der Waals surface area contributed by atoms with Gasteiger partial charge in [-0.15, -0.1) is 0 Å². The average Bonchev–Trinajstić information content (AvgIpc) is 2.79. The summed E-state index contributed by atoms with van der Waals surface area (Å²) in [5.74, 6) is -0.227. The molecule has 1 aliphatic rings. The normalized spacial score (nSPS) is 15.8. The van der Waals surface area contributed by atoms with Gasteiger partial charge in [-0.3, -0.25) is 9.59 Å². The summed E-state index contributed by atoms with van der Waals surface area (Å²) in [7, 11) is 0. The highest BCUT2D eigenvalue weighted by molar-refractivity contribution is 6.30. The number of anilines is 1. The molecule has 2 atom stereocenters. The Bertz CT molecular complexity index is 894. The molecule has 1 heterocycles. The van der Waals surface area contributed by atoms with Gasteiger partial charge in [0.2, 0.25) is 5.91 Å². The fourth-order valence-electron chi connectivity index (χ4n) is 3.74. The van der Waals surface area contributed by atoms with Crippen molar-refractivity contribution in [1.29, 1.82) is 0 Å². The molecule has 1 fully saturated rings. The Labute approximate surface area is 195 Å². The molecule has 0 bridgehead atoms. The number of hydrogen-bond acceptors (Lipinski definition) is 4. The van der Waals surface area contributed by atoms with Gasteiger partial charge in [0, 0.05) is 29.4 Å². The van der Waals surface area contributed by atoms with Crippen LogP contribution < -0.4 is 15.5 Å². The van der Waals surface area contributed by atoms with Crippen molar-refractivity contribution in [2.75, 3.05) is 31.2 Å². The van der Waals surface area contributed by atoms with Crippen LogP contribution in [0.15, 0.2) is 48.5 Å². The summed E-state index contributed by atoms with van der Waals surface area (Å²) in [6.07, 6.45) is 0.549. The van der Waals surface area contributed by atoms with Crippen LogP contribution >= 0.6 is 11.6 Å². The van der Waals surface area contributed by atoms with Gasteiger partial charge in [-0.2, -0.15) is 0 Å². The van der Waals surface area contributed by atoms with Crippen LogP contribution in [0.3, 0.4) is 0 Å². The van der Waals surface area contributed by atoms with Gasteiger partial charge in [-0.05, 0) is 61.2 Å². The van der Waals surface area contributed by atoms with E-state index in [4.69, 9.17) is 16.3 Å². The topological polar surface area (TPSA) is 70.7 Å². The van der Waals surface area contributed by atoms with Crippen LogP contribution in [0.5, 0.6) is 0 Å². The van der Waals surface area contributed by atoms with Crippen LogP contribution in [-0.2, 0) is 9.53 Å². The zero-order valence-corrected chi connectivity index (χ0v) is 19.7. The minimum atomic E-state index is -0.617. The molecule has 1 aliphatic heterocycles. The Balaban J connectivity index is 1.63. The molecule has 172 valence electrons. The Morgan fingerprint density at radius 3 is 2.19 bits per heavy atom. The molecule has 2 unspecified atom stereocenters. The Morgan fingerprint density at radius 2 is 1.59 bits per heavy atom. The number of morpholine rings is 1. The third-order valence-corrected chi connectivity index (χ3v) is 5.82. The highest BCUT2D eigenvalue weighted by atomic mass is 35.5. The van der Waals surface area contributed by atoms with Crippen molar-refractivity contribution < 1.29 is 14.3 Å². The van der Waals surface area contributed by atoms with Crippen molar-refractivity contribution in [2.24, 2.45) is 5.92 Å². The first kappa shape index (κ1) is 24.1. The summed E-state index contributed by atoms with van der Waals surface area (Å²) < 4.78 is 5.41. The highest BCUT2D eigenvalue weighted by Gasteiger charge is 2.24. The van der Waals surface area contributed by atoms with E-state index in [2.05, 4.69) is 27.7 Å². The molecule has 0 spiro atoms. The molecule has 2 aromatic carbocycles. The minimum absolute atomic E-state index is 0.177. The number of rotatable bonds is 8. The third kappa shape index (κ3) is 6.71. The number of nitrogens with one attached hydrogen (secondary N) is 2. The molecule has 7 heteroatoms. The lowest BCUT2D eigenvalue weighted by atomic mass is 10.0. The second kappa shape index (κ2) is 11.3. The smallest absolute Gasteiger partial charge is 0.251 e. The van der Waals surface area contributed by atoms with E-state index in [0.29, 0.717) is 17.0 Å². The van der Waals surface area contributed by atoms with E-state index in [1.165, 1.54) is 0 Å². The van der Waals surface area contributed by atoms with E-state index in [0.717, 1.165) is 37.6 Å². The van der Waals surface area contributed by atoms with Gasteiger partial charge in [0.25, 0.3) is 5.91 Å². The fourth-order valence-corrected chi connectivity index (χ4v) is 3.86. The van der Waals surface area contributed by atoms with Gasteiger partial charge in [0.15, 0.2) is 0 Å². The summed E-state index contributed by atoms with van der Waals surface area (Å²) >= 11 is 5.91. The number of benzene rings is 2. The molecule has 32 heavy (non-hydrogen) atoms. The quantitative estimate of drug-likeness (QED) is 0.623. The van der Waals surface area contributed by atoms with Crippen molar-refractivity contribution in [3.8, 4) is 0 Å². The first-order valence-electron chi connectivity index (χ1n) is 11.1. The van der Waals surface area contributed by atoms with Gasteiger partial charge in [-0.1, -0.05) is 37.6 Å². The lowest BCUT2D eigenvalue weighted by Crippen LogP contribution is -2.48. The zero-order chi connectivity index (χ0) is 23.1. The van der Waals surface area contributed by atoms with Crippen LogP contribution in [0.1, 0.15) is 49.2 Å². The van der Waals surface area contributed by atoms with Crippen molar-refractivity contribution in [1.82, 2.24) is 10.6 Å². The van der Waals surface area contributed by atoms with E-state index in [-0.39, 0.29) is 23.8 Å². The Morgan fingerprint density at radius 1 is 0.969 bits per heavy atom. The van der Waals surface area contributed by atoms with Crippen LogP contribution in [-0.4, -0.2) is 44.2 Å². The lowest BCUT2D eigenvalue weighted by molar-refractivity contribution is -0.124. The van der Waals surface area contributed by atoms with Crippen LogP contribution in [0.25, 0.3) is 0 Å². The van der Waals surface area contributed by atoms with E-state index in [9.17, 15) is 9.59 Å². The number of halogens is 1. The van der Waals surface area contributed by atoms with E-state index in [1.54, 1.807) is 24.3 Å².